The molecule has 0 unspecified atom stereocenters. The number of aromatic nitrogens is 5. The number of hydrogen-bond donors (Lipinski definition) is 1. The Morgan fingerprint density at radius 3 is 2.68 bits per heavy atom. The van der Waals surface area contributed by atoms with Gasteiger partial charge in [-0.1, -0.05) is 11.3 Å². The first-order valence-electron chi connectivity index (χ1n) is 10.0. The molecule has 0 aliphatic heterocycles. The van der Waals surface area contributed by atoms with Crippen molar-refractivity contribution >= 4 is 17.7 Å². The summed E-state index contributed by atoms with van der Waals surface area (Å²) in [7, 11) is 0. The highest BCUT2D eigenvalue weighted by molar-refractivity contribution is 5.90. The minimum absolute atomic E-state index is 0.0222. The first-order chi connectivity index (χ1) is 14.9. The monoisotopic (exact) mass is 428 g/mol. The molecular weight excluding hydrogens is 409 g/mol. The predicted octanol–water partition coefficient (Wildman–Crippen LogP) is 3.96. The van der Waals surface area contributed by atoms with Crippen molar-refractivity contribution < 1.29 is 18.0 Å². The number of hydrogen-bond acceptors (Lipinski definition) is 4. The maximum absolute atomic E-state index is 13.1. The third kappa shape index (κ3) is 3.97. The van der Waals surface area contributed by atoms with E-state index in [1.807, 2.05) is 12.2 Å². The van der Waals surface area contributed by atoms with Crippen molar-refractivity contribution in [2.75, 3.05) is 5.32 Å². The number of benzene rings is 1. The standard InChI is InChI=1S/C21H19F3N6O/c22-21(23,24)19-11-18(13-5-6-13)30(27-19)15-9-7-14(8-10-15)25-20(31)12-29-17-4-2-1-3-16(17)26-28-29/h2,4,7-11,13H,1,3,5-6,12H2,(H,25,31). The van der Waals surface area contributed by atoms with Gasteiger partial charge in [0.15, 0.2) is 5.69 Å². The second kappa shape index (κ2) is 7.36. The average Bonchev–Trinajstić information content (AvgIpc) is 3.35. The van der Waals surface area contributed by atoms with Gasteiger partial charge < -0.3 is 5.32 Å². The lowest BCUT2D eigenvalue weighted by Crippen LogP contribution is -2.20. The molecule has 5 rings (SSSR count). The number of fused-ring (bicyclic) bond motifs is 1. The van der Waals surface area contributed by atoms with Gasteiger partial charge in [-0.05, 0) is 62.1 Å². The molecule has 3 aromatic rings. The lowest BCUT2D eigenvalue weighted by Gasteiger charge is -2.10. The number of nitrogens with zero attached hydrogens (tertiary/aromatic N) is 5. The Morgan fingerprint density at radius 1 is 1.19 bits per heavy atom. The zero-order valence-corrected chi connectivity index (χ0v) is 16.4. The van der Waals surface area contributed by atoms with Crippen LogP contribution in [0.5, 0.6) is 0 Å². The second-order valence-electron chi connectivity index (χ2n) is 7.75. The lowest BCUT2D eigenvalue weighted by atomic mass is 10.1. The van der Waals surface area contributed by atoms with Crippen molar-refractivity contribution in [3.05, 3.63) is 59.2 Å². The lowest BCUT2D eigenvalue weighted by molar-refractivity contribution is -0.141. The molecule has 31 heavy (non-hydrogen) atoms. The van der Waals surface area contributed by atoms with E-state index in [1.165, 1.54) is 4.68 Å². The van der Waals surface area contributed by atoms with E-state index >= 15 is 0 Å². The molecule has 0 saturated heterocycles. The Bertz CT molecular complexity index is 1150. The van der Waals surface area contributed by atoms with Gasteiger partial charge in [-0.15, -0.1) is 5.10 Å². The van der Waals surface area contributed by atoms with E-state index in [4.69, 9.17) is 0 Å². The SMILES string of the molecule is O=C(Cn1nnc2c1C=CCC2)Nc1ccc(-n2nc(C(F)(F)F)cc2C2CC2)cc1. The molecule has 0 bridgehead atoms. The van der Waals surface area contributed by atoms with Gasteiger partial charge in [0, 0.05) is 17.3 Å². The average molecular weight is 428 g/mol. The van der Waals surface area contributed by atoms with Crippen LogP contribution in [0.2, 0.25) is 0 Å². The van der Waals surface area contributed by atoms with Gasteiger partial charge in [0.1, 0.15) is 6.54 Å². The van der Waals surface area contributed by atoms with Crippen LogP contribution in [0.3, 0.4) is 0 Å². The molecule has 0 spiro atoms. The highest BCUT2D eigenvalue weighted by Gasteiger charge is 2.38. The zero-order valence-electron chi connectivity index (χ0n) is 16.4. The van der Waals surface area contributed by atoms with Gasteiger partial charge in [-0.3, -0.25) is 4.79 Å². The maximum Gasteiger partial charge on any atom is 0.435 e. The third-order valence-corrected chi connectivity index (χ3v) is 5.38. The van der Waals surface area contributed by atoms with Crippen LogP contribution in [0.4, 0.5) is 18.9 Å². The number of carbonyl (C=O) groups is 1. The minimum Gasteiger partial charge on any atom is -0.324 e. The molecule has 2 aliphatic carbocycles. The fourth-order valence-electron chi connectivity index (χ4n) is 3.68. The number of nitrogens with one attached hydrogen (secondary N) is 1. The van der Waals surface area contributed by atoms with Crippen LogP contribution in [-0.2, 0) is 23.9 Å². The van der Waals surface area contributed by atoms with Gasteiger partial charge in [0.05, 0.1) is 17.1 Å². The van der Waals surface area contributed by atoms with Crippen molar-refractivity contribution in [1.82, 2.24) is 24.8 Å². The molecule has 1 saturated carbocycles. The summed E-state index contributed by atoms with van der Waals surface area (Å²) in [5.74, 6) is -0.165. The van der Waals surface area contributed by atoms with Crippen LogP contribution in [0.25, 0.3) is 11.8 Å². The molecule has 0 atom stereocenters. The van der Waals surface area contributed by atoms with Crippen LogP contribution in [0.1, 0.15) is 48.0 Å². The number of halogens is 3. The Labute approximate surface area is 175 Å². The summed E-state index contributed by atoms with van der Waals surface area (Å²) in [5, 5.41) is 14.7. The van der Waals surface area contributed by atoms with E-state index < -0.39 is 11.9 Å². The van der Waals surface area contributed by atoms with Crippen LogP contribution >= 0.6 is 0 Å². The van der Waals surface area contributed by atoms with E-state index in [0.29, 0.717) is 17.1 Å². The number of rotatable bonds is 5. The van der Waals surface area contributed by atoms with Gasteiger partial charge in [0.25, 0.3) is 0 Å². The van der Waals surface area contributed by atoms with E-state index in [-0.39, 0.29) is 18.4 Å². The number of amides is 1. The summed E-state index contributed by atoms with van der Waals surface area (Å²) in [5.41, 5.74) is 2.44. The van der Waals surface area contributed by atoms with Gasteiger partial charge >= 0.3 is 6.18 Å². The van der Waals surface area contributed by atoms with Crippen LogP contribution < -0.4 is 5.32 Å². The van der Waals surface area contributed by atoms with Crippen LogP contribution in [0.15, 0.2) is 36.4 Å². The molecule has 1 aromatic carbocycles. The maximum atomic E-state index is 13.1. The van der Waals surface area contributed by atoms with Crippen molar-refractivity contribution in [1.29, 1.82) is 0 Å². The predicted molar refractivity (Wildman–Crippen MR) is 107 cm³/mol. The van der Waals surface area contributed by atoms with E-state index in [9.17, 15) is 18.0 Å². The van der Waals surface area contributed by atoms with Gasteiger partial charge in [0.2, 0.25) is 5.91 Å². The highest BCUT2D eigenvalue weighted by atomic mass is 19.4. The fourth-order valence-corrected chi connectivity index (χ4v) is 3.68. The van der Waals surface area contributed by atoms with Crippen molar-refractivity contribution in [2.24, 2.45) is 0 Å². The first-order valence-corrected chi connectivity index (χ1v) is 10.0. The molecule has 7 nitrogen and oxygen atoms in total. The summed E-state index contributed by atoms with van der Waals surface area (Å²) in [6.07, 6.45) is 2.88. The molecule has 160 valence electrons. The van der Waals surface area contributed by atoms with E-state index in [0.717, 1.165) is 43.1 Å². The normalized spacial score (nSPS) is 15.7. The Morgan fingerprint density at radius 2 is 1.97 bits per heavy atom. The molecule has 0 radical (unpaired) electrons. The highest BCUT2D eigenvalue weighted by Crippen LogP contribution is 2.43. The molecule has 2 aromatic heterocycles. The third-order valence-electron chi connectivity index (χ3n) is 5.38. The number of carbonyl (C=O) groups excluding carboxylic acids is 1. The number of allylic oxidation sites excluding steroid dienone is 1. The molecule has 2 aliphatic rings. The first kappa shape index (κ1) is 19.5. The molecule has 1 fully saturated rings. The fraction of sp³-hybridized carbons (Fsp3) is 0.333. The number of alkyl halides is 3. The van der Waals surface area contributed by atoms with Crippen molar-refractivity contribution in [3.8, 4) is 5.69 Å². The summed E-state index contributed by atoms with van der Waals surface area (Å²) in [4.78, 5) is 12.4. The van der Waals surface area contributed by atoms with E-state index in [1.54, 1.807) is 28.9 Å². The van der Waals surface area contributed by atoms with Crippen LogP contribution in [0, 0.1) is 0 Å². The minimum atomic E-state index is -4.49. The largest absolute Gasteiger partial charge is 0.435 e. The summed E-state index contributed by atoms with van der Waals surface area (Å²) < 4.78 is 42.2. The zero-order chi connectivity index (χ0) is 21.6. The number of aryl methyl sites for hydroxylation is 1. The van der Waals surface area contributed by atoms with Crippen LogP contribution in [-0.4, -0.2) is 30.7 Å². The summed E-state index contributed by atoms with van der Waals surface area (Å²) in [6, 6.07) is 7.72. The van der Waals surface area contributed by atoms with Crippen molar-refractivity contribution in [3.63, 3.8) is 0 Å². The van der Waals surface area contributed by atoms with E-state index in [2.05, 4.69) is 20.7 Å². The van der Waals surface area contributed by atoms with Gasteiger partial charge in [-0.2, -0.15) is 18.3 Å². The number of anilines is 1. The van der Waals surface area contributed by atoms with Gasteiger partial charge in [-0.25, -0.2) is 9.36 Å². The second-order valence-corrected chi connectivity index (χ2v) is 7.75. The Kier molecular flexibility index (Phi) is 4.64. The van der Waals surface area contributed by atoms with Crippen molar-refractivity contribution in [2.45, 2.75) is 44.3 Å². The Balaban J connectivity index is 1.31. The Hall–Kier alpha value is -3.43. The summed E-state index contributed by atoms with van der Waals surface area (Å²) in [6.45, 7) is 0.0222. The molecule has 1 N–H and O–H groups in total. The molecule has 1 amide bonds. The molecule has 2 heterocycles. The molecular formula is C21H19F3N6O. The quantitative estimate of drug-likeness (QED) is 0.667. The summed E-state index contributed by atoms with van der Waals surface area (Å²) >= 11 is 0. The molecule has 10 heteroatoms. The topological polar surface area (TPSA) is 77.6 Å². The smallest absolute Gasteiger partial charge is 0.324 e.